The number of methoxy groups -OCH3 is 1. The SMILES string of the molecule is CCOC(=O)c1cc2c(CN(C)C)c(O)c(OC)cc2nc1CSc1ccc(F)cc1. The van der Waals surface area contributed by atoms with Crippen LogP contribution in [0.1, 0.15) is 28.5 Å². The van der Waals surface area contributed by atoms with Crippen molar-refractivity contribution in [2.75, 3.05) is 27.8 Å². The van der Waals surface area contributed by atoms with E-state index in [-0.39, 0.29) is 18.2 Å². The summed E-state index contributed by atoms with van der Waals surface area (Å²) in [5.41, 5.74) is 2.11. The molecule has 0 saturated carbocycles. The predicted octanol–water partition coefficient (Wildman–Crippen LogP) is 4.62. The average molecular weight is 445 g/mol. The number of esters is 1. The highest BCUT2D eigenvalue weighted by atomic mass is 32.2. The van der Waals surface area contributed by atoms with E-state index in [1.807, 2.05) is 19.0 Å². The number of aromatic hydroxyl groups is 1. The van der Waals surface area contributed by atoms with Crippen LogP contribution in [0.2, 0.25) is 0 Å². The zero-order valence-electron chi connectivity index (χ0n) is 17.9. The molecule has 1 N–H and O–H groups in total. The number of phenolic OH excluding ortho intramolecular Hbond substituents is 1. The summed E-state index contributed by atoms with van der Waals surface area (Å²) >= 11 is 1.44. The van der Waals surface area contributed by atoms with Crippen molar-refractivity contribution in [1.82, 2.24) is 9.88 Å². The highest BCUT2D eigenvalue weighted by Crippen LogP contribution is 2.38. The van der Waals surface area contributed by atoms with Crippen molar-refractivity contribution in [2.45, 2.75) is 24.1 Å². The van der Waals surface area contributed by atoms with E-state index in [4.69, 9.17) is 14.5 Å². The number of phenols is 1. The minimum atomic E-state index is -0.474. The zero-order chi connectivity index (χ0) is 22.5. The fourth-order valence-corrected chi connectivity index (χ4v) is 4.05. The topological polar surface area (TPSA) is 71.9 Å². The number of nitrogens with zero attached hydrogens (tertiary/aromatic N) is 2. The number of rotatable bonds is 8. The van der Waals surface area contributed by atoms with Gasteiger partial charge in [0.1, 0.15) is 5.82 Å². The lowest BCUT2D eigenvalue weighted by molar-refractivity contribution is 0.0525. The number of benzene rings is 2. The lowest BCUT2D eigenvalue weighted by Gasteiger charge is -2.18. The third kappa shape index (κ3) is 5.26. The Morgan fingerprint density at radius 2 is 1.94 bits per heavy atom. The second-order valence-corrected chi connectivity index (χ2v) is 8.20. The highest BCUT2D eigenvalue weighted by molar-refractivity contribution is 7.98. The van der Waals surface area contributed by atoms with Crippen LogP contribution in [0.5, 0.6) is 11.5 Å². The van der Waals surface area contributed by atoms with E-state index in [0.29, 0.717) is 45.8 Å². The Kier molecular flexibility index (Phi) is 7.35. The minimum absolute atomic E-state index is 0.0220. The molecule has 0 aliphatic rings. The van der Waals surface area contributed by atoms with Crippen molar-refractivity contribution >= 4 is 28.6 Å². The van der Waals surface area contributed by atoms with Gasteiger partial charge in [0.15, 0.2) is 11.5 Å². The first-order chi connectivity index (χ1) is 14.8. The van der Waals surface area contributed by atoms with Gasteiger partial charge in [0.05, 0.1) is 30.5 Å². The molecule has 6 nitrogen and oxygen atoms in total. The maximum atomic E-state index is 13.2. The molecule has 3 rings (SSSR count). The number of halogens is 1. The van der Waals surface area contributed by atoms with Crippen LogP contribution < -0.4 is 4.74 Å². The molecule has 0 amide bonds. The Bertz CT molecular complexity index is 1090. The van der Waals surface area contributed by atoms with Crippen LogP contribution in [0.25, 0.3) is 10.9 Å². The lowest BCUT2D eigenvalue weighted by atomic mass is 10.0. The van der Waals surface area contributed by atoms with E-state index in [9.17, 15) is 14.3 Å². The summed E-state index contributed by atoms with van der Waals surface area (Å²) < 4.78 is 23.8. The molecule has 0 aliphatic carbocycles. The van der Waals surface area contributed by atoms with Crippen LogP contribution in [0.4, 0.5) is 4.39 Å². The smallest absolute Gasteiger partial charge is 0.340 e. The quantitative estimate of drug-likeness (QED) is 0.402. The molecule has 31 heavy (non-hydrogen) atoms. The van der Waals surface area contributed by atoms with Crippen molar-refractivity contribution in [3.63, 3.8) is 0 Å². The number of ether oxygens (including phenoxy) is 2. The Labute approximate surface area is 185 Å². The number of hydrogen-bond donors (Lipinski definition) is 1. The van der Waals surface area contributed by atoms with Crippen LogP contribution in [0.15, 0.2) is 41.3 Å². The number of aromatic nitrogens is 1. The third-order valence-electron chi connectivity index (χ3n) is 4.62. The monoisotopic (exact) mass is 444 g/mol. The van der Waals surface area contributed by atoms with E-state index in [1.165, 1.54) is 31.0 Å². The first-order valence-electron chi connectivity index (χ1n) is 9.76. The number of fused-ring (bicyclic) bond motifs is 1. The fraction of sp³-hybridized carbons (Fsp3) is 0.304. The van der Waals surface area contributed by atoms with Gasteiger partial charge in [-0.05, 0) is 51.4 Å². The van der Waals surface area contributed by atoms with E-state index >= 15 is 0 Å². The number of hydrogen-bond acceptors (Lipinski definition) is 7. The van der Waals surface area contributed by atoms with Gasteiger partial charge in [0.2, 0.25) is 0 Å². The number of carbonyl (C=O) groups is 1. The second kappa shape index (κ2) is 9.98. The molecule has 0 bridgehead atoms. The largest absolute Gasteiger partial charge is 0.504 e. The lowest BCUT2D eigenvalue weighted by Crippen LogP contribution is -2.13. The van der Waals surface area contributed by atoms with Gasteiger partial charge in [0, 0.05) is 34.2 Å². The molecule has 0 fully saturated rings. The maximum absolute atomic E-state index is 13.2. The normalized spacial score (nSPS) is 11.2. The maximum Gasteiger partial charge on any atom is 0.340 e. The number of thioether (sulfide) groups is 1. The molecule has 2 aromatic carbocycles. The molecule has 1 aromatic heterocycles. The summed E-state index contributed by atoms with van der Waals surface area (Å²) in [5, 5.41) is 11.3. The van der Waals surface area contributed by atoms with Crippen molar-refractivity contribution in [1.29, 1.82) is 0 Å². The van der Waals surface area contributed by atoms with Crippen molar-refractivity contribution in [3.05, 3.63) is 59.0 Å². The fourth-order valence-electron chi connectivity index (χ4n) is 3.20. The van der Waals surface area contributed by atoms with Crippen LogP contribution in [-0.4, -0.2) is 48.8 Å². The van der Waals surface area contributed by atoms with E-state index < -0.39 is 5.97 Å². The Balaban J connectivity index is 2.12. The minimum Gasteiger partial charge on any atom is -0.504 e. The summed E-state index contributed by atoms with van der Waals surface area (Å²) in [6, 6.07) is 9.53. The number of carbonyl (C=O) groups excluding carboxylic acids is 1. The van der Waals surface area contributed by atoms with Crippen molar-refractivity contribution in [2.24, 2.45) is 0 Å². The van der Waals surface area contributed by atoms with Crippen LogP contribution >= 0.6 is 11.8 Å². The second-order valence-electron chi connectivity index (χ2n) is 7.16. The van der Waals surface area contributed by atoms with Gasteiger partial charge in [0.25, 0.3) is 0 Å². The van der Waals surface area contributed by atoms with E-state index in [1.54, 1.807) is 31.2 Å². The molecule has 164 valence electrons. The van der Waals surface area contributed by atoms with Gasteiger partial charge in [-0.2, -0.15) is 0 Å². The van der Waals surface area contributed by atoms with Gasteiger partial charge in [-0.25, -0.2) is 9.18 Å². The van der Waals surface area contributed by atoms with Crippen molar-refractivity contribution in [3.8, 4) is 11.5 Å². The molecule has 0 spiro atoms. The standard InChI is InChI=1S/C23H25FN2O4S/c1-5-30-23(28)17-10-16-18(12-26(2)3)22(27)21(29-4)11-19(16)25-20(17)13-31-15-8-6-14(24)7-9-15/h6-11,27H,5,12-13H2,1-4H3. The molecule has 0 unspecified atom stereocenters. The van der Waals surface area contributed by atoms with Crippen LogP contribution in [0.3, 0.4) is 0 Å². The Hall–Kier alpha value is -2.84. The van der Waals surface area contributed by atoms with Gasteiger partial charge in [-0.15, -0.1) is 11.8 Å². The van der Waals surface area contributed by atoms with E-state index in [2.05, 4.69) is 0 Å². The molecule has 0 atom stereocenters. The summed E-state index contributed by atoms with van der Waals surface area (Å²) in [7, 11) is 5.26. The highest BCUT2D eigenvalue weighted by Gasteiger charge is 2.21. The molecule has 0 saturated heterocycles. The molecule has 0 aliphatic heterocycles. The summed E-state index contributed by atoms with van der Waals surface area (Å²) in [6.07, 6.45) is 0. The number of pyridine rings is 1. The van der Waals surface area contributed by atoms with Gasteiger partial charge in [-0.1, -0.05) is 0 Å². The molecule has 8 heteroatoms. The first-order valence-corrected chi connectivity index (χ1v) is 10.7. The van der Waals surface area contributed by atoms with Gasteiger partial charge < -0.3 is 19.5 Å². The summed E-state index contributed by atoms with van der Waals surface area (Å²) in [5.74, 6) is -0.0490. The first kappa shape index (κ1) is 22.8. The van der Waals surface area contributed by atoms with Crippen molar-refractivity contribution < 1.29 is 23.8 Å². The Morgan fingerprint density at radius 3 is 2.55 bits per heavy atom. The summed E-state index contributed by atoms with van der Waals surface area (Å²) in [4.78, 5) is 20.2. The molecule has 1 heterocycles. The van der Waals surface area contributed by atoms with Gasteiger partial charge >= 0.3 is 5.97 Å². The van der Waals surface area contributed by atoms with Gasteiger partial charge in [-0.3, -0.25) is 4.98 Å². The third-order valence-corrected chi connectivity index (χ3v) is 5.65. The Morgan fingerprint density at radius 1 is 1.23 bits per heavy atom. The van der Waals surface area contributed by atoms with Crippen LogP contribution in [-0.2, 0) is 17.0 Å². The zero-order valence-corrected chi connectivity index (χ0v) is 18.8. The van der Waals surface area contributed by atoms with E-state index in [0.717, 1.165) is 4.90 Å². The molecular weight excluding hydrogens is 419 g/mol. The molecule has 0 radical (unpaired) electrons. The average Bonchev–Trinajstić information content (AvgIpc) is 2.74. The van der Waals surface area contributed by atoms with Crippen LogP contribution in [0, 0.1) is 5.82 Å². The molecule has 3 aromatic rings. The molecular formula is C23H25FN2O4S. The summed E-state index contributed by atoms with van der Waals surface area (Å²) in [6.45, 7) is 2.42. The predicted molar refractivity (Wildman–Crippen MR) is 119 cm³/mol.